The number of fused-ring (bicyclic) bond motifs is 4. The van der Waals surface area contributed by atoms with Gasteiger partial charge in [-0.25, -0.2) is 0 Å². The van der Waals surface area contributed by atoms with Crippen molar-refractivity contribution in [2.75, 3.05) is 19.0 Å². The van der Waals surface area contributed by atoms with Gasteiger partial charge >= 0.3 is 5.97 Å². The predicted octanol–water partition coefficient (Wildman–Crippen LogP) is 1.81. The summed E-state index contributed by atoms with van der Waals surface area (Å²) in [5.74, 6) is -0.611. The monoisotopic (exact) mass is 366 g/mol. The Balaban J connectivity index is 1.75. The molecule has 27 heavy (non-hydrogen) atoms. The standard InChI is InChI=1S/C21H22N2O4/c1-3-12-10-23-16-8-14(12)19(11-24,18(25)26-2)20-9-17(23)27-21(16,20)22-15-7-5-4-6-13(15)20/h3-7,11,14,16-17,22H,8-10H2,1-2H3/t14-,16-,17-,19+,20-,21-/m0/s1. The number of carbonyl (C=O) groups is 2. The first-order valence-corrected chi connectivity index (χ1v) is 9.60. The molecule has 3 saturated heterocycles. The number of allylic oxidation sites excluding steroid dienone is 1. The number of para-hydroxylation sites is 1. The molecule has 6 nitrogen and oxygen atoms in total. The molecular weight excluding hydrogens is 344 g/mol. The van der Waals surface area contributed by atoms with E-state index in [-0.39, 0.29) is 18.2 Å². The second-order valence-electron chi connectivity index (χ2n) is 8.41. The van der Waals surface area contributed by atoms with Crippen LogP contribution in [0.25, 0.3) is 0 Å². The Bertz CT molecular complexity index is 929. The van der Waals surface area contributed by atoms with Crippen LogP contribution < -0.4 is 5.32 Å². The number of hydrogen-bond donors (Lipinski definition) is 1. The van der Waals surface area contributed by atoms with E-state index in [1.54, 1.807) is 0 Å². The molecule has 1 aromatic rings. The lowest BCUT2D eigenvalue weighted by Crippen LogP contribution is -2.78. The van der Waals surface area contributed by atoms with Gasteiger partial charge in [-0.1, -0.05) is 29.8 Å². The van der Waals surface area contributed by atoms with Crippen molar-refractivity contribution in [1.82, 2.24) is 4.90 Å². The summed E-state index contributed by atoms with van der Waals surface area (Å²) in [5, 5.41) is 3.63. The average Bonchev–Trinajstić information content (AvgIpc) is 3.30. The molecule has 1 saturated carbocycles. The molecule has 4 fully saturated rings. The molecule has 6 rings (SSSR count). The van der Waals surface area contributed by atoms with E-state index in [2.05, 4.69) is 16.3 Å². The number of piperidine rings is 2. The lowest BCUT2D eigenvalue weighted by molar-refractivity contribution is -0.182. The minimum absolute atomic E-state index is 0.101. The quantitative estimate of drug-likeness (QED) is 0.373. The van der Waals surface area contributed by atoms with E-state index in [9.17, 15) is 9.59 Å². The van der Waals surface area contributed by atoms with Crippen molar-refractivity contribution in [2.24, 2.45) is 11.3 Å². The molecule has 0 aromatic heterocycles. The second kappa shape index (κ2) is 4.62. The van der Waals surface area contributed by atoms with E-state index in [0.717, 1.165) is 29.7 Å². The van der Waals surface area contributed by atoms with Crippen LogP contribution in [-0.2, 0) is 24.5 Å². The molecule has 1 spiro atoms. The van der Waals surface area contributed by atoms with E-state index < -0.39 is 22.5 Å². The van der Waals surface area contributed by atoms with Crippen molar-refractivity contribution in [3.05, 3.63) is 41.5 Å². The second-order valence-corrected chi connectivity index (χ2v) is 8.41. The van der Waals surface area contributed by atoms with Gasteiger partial charge in [0, 0.05) is 24.6 Å². The Morgan fingerprint density at radius 2 is 2.22 bits per heavy atom. The van der Waals surface area contributed by atoms with E-state index in [0.29, 0.717) is 12.8 Å². The van der Waals surface area contributed by atoms with Crippen molar-refractivity contribution >= 4 is 17.9 Å². The van der Waals surface area contributed by atoms with Crippen LogP contribution in [-0.4, -0.2) is 48.8 Å². The smallest absolute Gasteiger partial charge is 0.320 e. The summed E-state index contributed by atoms with van der Waals surface area (Å²) in [5.41, 5.74) is 0.303. The Labute approximate surface area is 157 Å². The highest BCUT2D eigenvalue weighted by atomic mass is 16.6. The number of aldehydes is 1. The number of nitrogens with zero attached hydrogens (tertiary/aromatic N) is 1. The van der Waals surface area contributed by atoms with Gasteiger partial charge in [-0.15, -0.1) is 0 Å². The molecule has 4 heterocycles. The van der Waals surface area contributed by atoms with Gasteiger partial charge < -0.3 is 19.6 Å². The third kappa shape index (κ3) is 1.32. The maximum absolute atomic E-state index is 13.4. The first kappa shape index (κ1) is 15.8. The van der Waals surface area contributed by atoms with Gasteiger partial charge in [-0.05, 0) is 25.0 Å². The number of nitrogens with one attached hydrogen (secondary N) is 1. The lowest BCUT2D eigenvalue weighted by atomic mass is 9.42. The highest BCUT2D eigenvalue weighted by Gasteiger charge is 2.87. The van der Waals surface area contributed by atoms with Gasteiger partial charge in [0.05, 0.1) is 18.6 Å². The van der Waals surface area contributed by atoms with E-state index in [1.807, 2.05) is 31.2 Å². The Morgan fingerprint density at radius 3 is 2.96 bits per heavy atom. The number of anilines is 1. The number of ether oxygens (including phenoxy) is 2. The van der Waals surface area contributed by atoms with Crippen LogP contribution in [0.2, 0.25) is 0 Å². The summed E-state index contributed by atoms with van der Waals surface area (Å²) in [7, 11) is 1.38. The van der Waals surface area contributed by atoms with Crippen molar-refractivity contribution in [1.29, 1.82) is 0 Å². The van der Waals surface area contributed by atoms with Crippen LogP contribution >= 0.6 is 0 Å². The highest BCUT2D eigenvalue weighted by molar-refractivity contribution is 5.99. The van der Waals surface area contributed by atoms with Gasteiger partial charge in [0.1, 0.15) is 17.9 Å². The number of rotatable bonds is 2. The summed E-state index contributed by atoms with van der Waals surface area (Å²) in [6.07, 6.45) is 4.18. The SMILES string of the molecule is CC=C1CN2[C@@H]3C[C@@]45c6ccccc6N[C@]4(O3)[C@@H]2C[C@@H]1[C@]5(C=O)C(=O)OC. The lowest BCUT2D eigenvalue weighted by Gasteiger charge is -2.63. The van der Waals surface area contributed by atoms with Crippen molar-refractivity contribution in [3.8, 4) is 0 Å². The van der Waals surface area contributed by atoms with Crippen molar-refractivity contribution < 1.29 is 19.1 Å². The molecule has 6 heteroatoms. The zero-order valence-corrected chi connectivity index (χ0v) is 15.4. The van der Waals surface area contributed by atoms with E-state index in [1.165, 1.54) is 7.11 Å². The summed E-state index contributed by atoms with van der Waals surface area (Å²) in [6, 6.07) is 8.15. The van der Waals surface area contributed by atoms with E-state index in [4.69, 9.17) is 9.47 Å². The molecule has 6 atom stereocenters. The molecule has 5 aliphatic rings. The Morgan fingerprint density at radius 1 is 1.41 bits per heavy atom. The van der Waals surface area contributed by atoms with Gasteiger partial charge in [0.15, 0.2) is 5.72 Å². The van der Waals surface area contributed by atoms with Crippen LogP contribution in [0.4, 0.5) is 5.69 Å². The fourth-order valence-electron chi connectivity index (χ4n) is 7.14. The average molecular weight is 366 g/mol. The predicted molar refractivity (Wildman–Crippen MR) is 96.8 cm³/mol. The normalized spacial score (nSPS) is 46.9. The molecule has 140 valence electrons. The summed E-state index contributed by atoms with van der Waals surface area (Å²) >= 11 is 0. The molecule has 4 bridgehead atoms. The minimum Gasteiger partial charge on any atom is -0.468 e. The van der Waals surface area contributed by atoms with Crippen LogP contribution in [0.15, 0.2) is 35.9 Å². The number of esters is 1. The Hall–Kier alpha value is -2.18. The maximum atomic E-state index is 13.4. The van der Waals surface area contributed by atoms with Crippen LogP contribution in [0.1, 0.15) is 25.3 Å². The third-order valence-corrected chi connectivity index (χ3v) is 7.99. The zero-order valence-electron chi connectivity index (χ0n) is 15.4. The number of hydrogen-bond acceptors (Lipinski definition) is 6. The fraction of sp³-hybridized carbons (Fsp3) is 0.524. The third-order valence-electron chi connectivity index (χ3n) is 7.99. The van der Waals surface area contributed by atoms with E-state index >= 15 is 0 Å². The topological polar surface area (TPSA) is 67.9 Å². The van der Waals surface area contributed by atoms with Crippen LogP contribution in [0.3, 0.4) is 0 Å². The van der Waals surface area contributed by atoms with Gasteiger partial charge in [-0.3, -0.25) is 9.69 Å². The summed E-state index contributed by atoms with van der Waals surface area (Å²) in [4.78, 5) is 28.7. The number of methoxy groups -OCH3 is 1. The van der Waals surface area contributed by atoms with Gasteiger partial charge in [0.25, 0.3) is 0 Å². The van der Waals surface area contributed by atoms with Crippen LogP contribution in [0.5, 0.6) is 0 Å². The Kier molecular flexibility index (Phi) is 2.71. The van der Waals surface area contributed by atoms with Crippen LogP contribution in [0, 0.1) is 11.3 Å². The number of carbonyl (C=O) groups excluding carboxylic acids is 2. The summed E-state index contributed by atoms with van der Waals surface area (Å²) in [6.45, 7) is 2.73. The number of benzene rings is 1. The maximum Gasteiger partial charge on any atom is 0.320 e. The fourth-order valence-corrected chi connectivity index (χ4v) is 7.14. The molecular formula is C21H22N2O4. The molecule has 4 aliphatic heterocycles. The molecule has 0 radical (unpaired) electrons. The van der Waals surface area contributed by atoms with Crippen molar-refractivity contribution in [3.63, 3.8) is 0 Å². The molecule has 0 amide bonds. The summed E-state index contributed by atoms with van der Waals surface area (Å²) < 4.78 is 11.9. The van der Waals surface area contributed by atoms with Crippen molar-refractivity contribution in [2.45, 2.75) is 43.2 Å². The molecule has 1 aromatic carbocycles. The largest absolute Gasteiger partial charge is 0.468 e. The highest BCUT2D eigenvalue weighted by Crippen LogP contribution is 2.75. The molecule has 0 unspecified atom stereocenters. The van der Waals surface area contributed by atoms with Gasteiger partial charge in [-0.2, -0.15) is 0 Å². The minimum atomic E-state index is -1.29. The zero-order chi connectivity index (χ0) is 18.6. The first-order valence-electron chi connectivity index (χ1n) is 9.60. The molecule has 1 N–H and O–H groups in total. The van der Waals surface area contributed by atoms with Gasteiger partial charge in [0.2, 0.25) is 0 Å². The molecule has 1 aliphatic carbocycles. The first-order chi connectivity index (χ1) is 13.1.